The molecule has 0 fully saturated rings. The van der Waals surface area contributed by atoms with Gasteiger partial charge in [0.05, 0.1) is 5.56 Å². The molecule has 0 atom stereocenters. The van der Waals surface area contributed by atoms with Crippen molar-refractivity contribution in [2.45, 2.75) is 6.42 Å². The van der Waals surface area contributed by atoms with Gasteiger partial charge in [-0.25, -0.2) is 9.78 Å². The van der Waals surface area contributed by atoms with E-state index in [1.165, 1.54) is 12.1 Å². The summed E-state index contributed by atoms with van der Waals surface area (Å²) >= 11 is 0. The molecule has 0 amide bonds. The third-order valence-corrected chi connectivity index (χ3v) is 2.60. The first-order valence-electron chi connectivity index (χ1n) is 5.09. The number of phenolic OH excluding ortho intramolecular Hbond substituents is 1. The van der Waals surface area contributed by atoms with E-state index in [4.69, 9.17) is 5.11 Å². The summed E-state index contributed by atoms with van der Waals surface area (Å²) in [5.41, 5.74) is 0.732. The molecule has 0 aliphatic heterocycles. The number of nitrogens with zero attached hydrogens (tertiary/aromatic N) is 2. The summed E-state index contributed by atoms with van der Waals surface area (Å²) in [5, 5.41) is 18.5. The average Bonchev–Trinajstić information content (AvgIpc) is 2.67. The number of rotatable bonds is 3. The van der Waals surface area contributed by atoms with E-state index in [1.54, 1.807) is 12.3 Å². The fraction of sp³-hybridized carbons (Fsp3) is 0.167. The number of carbonyl (C=O) groups is 1. The van der Waals surface area contributed by atoms with Crippen LogP contribution in [0, 0.1) is 0 Å². The monoisotopic (exact) mass is 232 g/mol. The van der Waals surface area contributed by atoms with Crippen molar-refractivity contribution in [2.24, 2.45) is 7.05 Å². The van der Waals surface area contributed by atoms with Gasteiger partial charge in [0.25, 0.3) is 0 Å². The van der Waals surface area contributed by atoms with Crippen LogP contribution in [0.3, 0.4) is 0 Å². The number of hydrogen-bond donors (Lipinski definition) is 2. The number of aromatic nitrogens is 2. The van der Waals surface area contributed by atoms with E-state index in [2.05, 4.69) is 4.98 Å². The van der Waals surface area contributed by atoms with Crippen LogP contribution in [0.5, 0.6) is 5.75 Å². The number of aromatic carboxylic acids is 1. The molecular weight excluding hydrogens is 220 g/mol. The normalized spacial score (nSPS) is 10.4. The molecule has 0 spiro atoms. The fourth-order valence-corrected chi connectivity index (χ4v) is 1.58. The van der Waals surface area contributed by atoms with Crippen LogP contribution in [0.25, 0.3) is 0 Å². The molecule has 2 rings (SSSR count). The summed E-state index contributed by atoms with van der Waals surface area (Å²) in [7, 11) is 1.87. The molecule has 88 valence electrons. The Morgan fingerprint density at radius 3 is 2.76 bits per heavy atom. The smallest absolute Gasteiger partial charge is 0.335 e. The van der Waals surface area contributed by atoms with Crippen molar-refractivity contribution < 1.29 is 15.0 Å². The van der Waals surface area contributed by atoms with Crippen LogP contribution >= 0.6 is 0 Å². The van der Waals surface area contributed by atoms with E-state index >= 15 is 0 Å². The Morgan fingerprint density at radius 2 is 2.24 bits per heavy atom. The minimum Gasteiger partial charge on any atom is -0.508 e. The SMILES string of the molecule is Cn1ccnc1Cc1ccc(C(=O)O)cc1O. The molecule has 1 heterocycles. The van der Waals surface area contributed by atoms with Gasteiger partial charge >= 0.3 is 5.97 Å². The number of benzene rings is 1. The fourth-order valence-electron chi connectivity index (χ4n) is 1.58. The van der Waals surface area contributed by atoms with Crippen molar-refractivity contribution >= 4 is 5.97 Å². The minimum atomic E-state index is -1.05. The molecule has 1 aromatic carbocycles. The molecule has 5 nitrogen and oxygen atoms in total. The van der Waals surface area contributed by atoms with Crippen molar-refractivity contribution in [3.05, 3.63) is 47.5 Å². The van der Waals surface area contributed by atoms with Crippen LogP contribution in [0.1, 0.15) is 21.7 Å². The lowest BCUT2D eigenvalue weighted by molar-refractivity contribution is 0.0696. The maximum Gasteiger partial charge on any atom is 0.335 e. The molecule has 2 aromatic rings. The number of phenols is 1. The van der Waals surface area contributed by atoms with Gasteiger partial charge in [0.2, 0.25) is 0 Å². The van der Waals surface area contributed by atoms with Crippen molar-refractivity contribution in [3.63, 3.8) is 0 Å². The van der Waals surface area contributed by atoms with Crippen molar-refractivity contribution in [1.82, 2.24) is 9.55 Å². The molecule has 0 bridgehead atoms. The first-order chi connectivity index (χ1) is 8.08. The number of imidazole rings is 1. The van der Waals surface area contributed by atoms with Gasteiger partial charge in [-0.2, -0.15) is 0 Å². The van der Waals surface area contributed by atoms with E-state index in [9.17, 15) is 9.90 Å². The van der Waals surface area contributed by atoms with Crippen LogP contribution in [0.2, 0.25) is 0 Å². The zero-order valence-corrected chi connectivity index (χ0v) is 9.29. The molecule has 2 N–H and O–H groups in total. The first kappa shape index (κ1) is 11.2. The van der Waals surface area contributed by atoms with Gasteiger partial charge in [-0.3, -0.25) is 0 Å². The summed E-state index contributed by atoms with van der Waals surface area (Å²) in [6.45, 7) is 0. The molecule has 0 saturated carbocycles. The molecule has 0 aliphatic rings. The third-order valence-electron chi connectivity index (χ3n) is 2.60. The highest BCUT2D eigenvalue weighted by Gasteiger charge is 2.09. The van der Waals surface area contributed by atoms with Gasteiger partial charge in [-0.05, 0) is 12.1 Å². The van der Waals surface area contributed by atoms with Gasteiger partial charge in [0.15, 0.2) is 0 Å². The summed E-state index contributed by atoms with van der Waals surface area (Å²) in [4.78, 5) is 14.9. The zero-order chi connectivity index (χ0) is 12.4. The van der Waals surface area contributed by atoms with Gasteiger partial charge < -0.3 is 14.8 Å². The number of carboxylic acid groups (broad SMARTS) is 1. The van der Waals surface area contributed by atoms with E-state index in [0.29, 0.717) is 12.0 Å². The van der Waals surface area contributed by atoms with Gasteiger partial charge in [0, 0.05) is 31.4 Å². The number of hydrogen-bond acceptors (Lipinski definition) is 3. The van der Waals surface area contributed by atoms with E-state index in [-0.39, 0.29) is 11.3 Å². The molecule has 0 saturated heterocycles. The Morgan fingerprint density at radius 1 is 1.47 bits per heavy atom. The minimum absolute atomic E-state index is 0.0205. The van der Waals surface area contributed by atoms with Gasteiger partial charge in [-0.15, -0.1) is 0 Å². The molecule has 1 aromatic heterocycles. The summed E-state index contributed by atoms with van der Waals surface area (Å²) in [6, 6.07) is 4.33. The predicted octanol–water partition coefficient (Wildman–Crippen LogP) is 1.41. The number of aryl methyl sites for hydroxylation is 1. The van der Waals surface area contributed by atoms with E-state index < -0.39 is 5.97 Å². The highest BCUT2D eigenvalue weighted by molar-refractivity contribution is 5.88. The second-order valence-electron chi connectivity index (χ2n) is 3.78. The Labute approximate surface area is 98.0 Å². The van der Waals surface area contributed by atoms with Crippen LogP contribution in [0.4, 0.5) is 0 Å². The number of carboxylic acids is 1. The first-order valence-corrected chi connectivity index (χ1v) is 5.09. The molecular formula is C12H12N2O3. The second kappa shape index (κ2) is 4.29. The Bertz CT molecular complexity index is 561. The van der Waals surface area contributed by atoms with Gasteiger partial charge in [0.1, 0.15) is 11.6 Å². The molecule has 0 radical (unpaired) electrons. The maximum absolute atomic E-state index is 10.7. The average molecular weight is 232 g/mol. The van der Waals surface area contributed by atoms with Crippen LogP contribution < -0.4 is 0 Å². The molecule has 0 aliphatic carbocycles. The third kappa shape index (κ3) is 2.28. The Kier molecular flexibility index (Phi) is 2.82. The summed E-state index contributed by atoms with van der Waals surface area (Å²) in [5.74, 6) is -0.264. The van der Waals surface area contributed by atoms with Crippen LogP contribution in [-0.2, 0) is 13.5 Å². The Balaban J connectivity index is 2.29. The molecule has 5 heteroatoms. The highest BCUT2D eigenvalue weighted by Crippen LogP contribution is 2.21. The van der Waals surface area contributed by atoms with Crippen molar-refractivity contribution in [1.29, 1.82) is 0 Å². The maximum atomic E-state index is 10.7. The second-order valence-corrected chi connectivity index (χ2v) is 3.78. The molecule has 17 heavy (non-hydrogen) atoms. The van der Waals surface area contributed by atoms with Crippen LogP contribution in [0.15, 0.2) is 30.6 Å². The predicted molar refractivity (Wildman–Crippen MR) is 61.1 cm³/mol. The standard InChI is InChI=1S/C12H12N2O3/c1-14-5-4-13-11(14)7-8-2-3-9(12(16)17)6-10(8)15/h2-6,15H,7H2,1H3,(H,16,17). The summed E-state index contributed by atoms with van der Waals surface area (Å²) in [6.07, 6.45) is 3.96. The van der Waals surface area contributed by atoms with Crippen LogP contribution in [-0.4, -0.2) is 25.7 Å². The van der Waals surface area contributed by atoms with Crippen molar-refractivity contribution in [3.8, 4) is 5.75 Å². The lowest BCUT2D eigenvalue weighted by Crippen LogP contribution is -2.00. The van der Waals surface area contributed by atoms with E-state index in [0.717, 1.165) is 5.82 Å². The highest BCUT2D eigenvalue weighted by atomic mass is 16.4. The zero-order valence-electron chi connectivity index (χ0n) is 9.29. The largest absolute Gasteiger partial charge is 0.508 e. The van der Waals surface area contributed by atoms with E-state index in [1.807, 2.05) is 17.8 Å². The topological polar surface area (TPSA) is 75.4 Å². The lowest BCUT2D eigenvalue weighted by atomic mass is 10.1. The Hall–Kier alpha value is -2.30. The quantitative estimate of drug-likeness (QED) is 0.839. The van der Waals surface area contributed by atoms with Gasteiger partial charge in [-0.1, -0.05) is 6.07 Å². The lowest BCUT2D eigenvalue weighted by Gasteiger charge is -2.05. The summed E-state index contributed by atoms with van der Waals surface area (Å²) < 4.78 is 1.85. The molecule has 0 unspecified atom stereocenters. The van der Waals surface area contributed by atoms with Crippen molar-refractivity contribution in [2.75, 3.05) is 0 Å². The number of aromatic hydroxyl groups is 1.